The van der Waals surface area contributed by atoms with E-state index in [9.17, 15) is 14.4 Å². The molecule has 0 spiro atoms. The van der Waals surface area contributed by atoms with Crippen LogP contribution < -0.4 is 5.32 Å². The van der Waals surface area contributed by atoms with Gasteiger partial charge in [0, 0.05) is 4.88 Å². The summed E-state index contributed by atoms with van der Waals surface area (Å²) in [5.74, 6) is -0.640. The van der Waals surface area contributed by atoms with Gasteiger partial charge in [-0.25, -0.2) is 4.79 Å². The van der Waals surface area contributed by atoms with Crippen molar-refractivity contribution in [1.82, 2.24) is 0 Å². The van der Waals surface area contributed by atoms with Crippen LogP contribution in [0.15, 0.2) is 0 Å². The Morgan fingerprint density at radius 3 is 2.57 bits per heavy atom. The van der Waals surface area contributed by atoms with E-state index < -0.39 is 11.9 Å². The highest BCUT2D eigenvalue weighted by molar-refractivity contribution is 7.17. The summed E-state index contributed by atoms with van der Waals surface area (Å²) < 4.78 is 10.4. The molecule has 28 heavy (non-hydrogen) atoms. The molecule has 6 nitrogen and oxygen atoms in total. The number of rotatable bonds is 6. The molecule has 2 aliphatic rings. The summed E-state index contributed by atoms with van der Waals surface area (Å²) in [5.41, 5.74) is 1.47. The van der Waals surface area contributed by atoms with Crippen LogP contribution in [0.5, 0.6) is 0 Å². The number of carbonyl (C=O) groups is 3. The topological polar surface area (TPSA) is 81.7 Å². The quantitative estimate of drug-likeness (QED) is 0.718. The van der Waals surface area contributed by atoms with Crippen molar-refractivity contribution in [3.63, 3.8) is 0 Å². The number of amides is 1. The normalized spacial score (nSPS) is 19.6. The van der Waals surface area contributed by atoms with Crippen LogP contribution in [0.1, 0.15) is 73.2 Å². The maximum atomic E-state index is 12.5. The summed E-state index contributed by atoms with van der Waals surface area (Å²) in [5, 5.41) is 3.29. The zero-order chi connectivity index (χ0) is 20.1. The van der Waals surface area contributed by atoms with Crippen LogP contribution in [0.4, 0.5) is 5.00 Å². The Kier molecular flexibility index (Phi) is 7.10. The van der Waals surface area contributed by atoms with E-state index in [0.29, 0.717) is 16.5 Å². The van der Waals surface area contributed by atoms with Gasteiger partial charge in [-0.2, -0.15) is 0 Å². The number of hydrogen-bond acceptors (Lipinski definition) is 6. The minimum atomic E-state index is -0.415. The van der Waals surface area contributed by atoms with Crippen molar-refractivity contribution in [1.29, 1.82) is 0 Å². The van der Waals surface area contributed by atoms with Gasteiger partial charge in [0.2, 0.25) is 0 Å². The fraction of sp³-hybridized carbons (Fsp3) is 0.667. The summed E-state index contributed by atoms with van der Waals surface area (Å²) in [6.07, 6.45) is 7.63. The van der Waals surface area contributed by atoms with Crippen LogP contribution in [0, 0.1) is 11.8 Å². The molecular formula is C21H29NO5S. The number of hydrogen-bond donors (Lipinski definition) is 1. The molecule has 7 heteroatoms. The van der Waals surface area contributed by atoms with E-state index in [-0.39, 0.29) is 25.1 Å². The molecule has 1 aromatic heterocycles. The highest BCUT2D eigenvalue weighted by Gasteiger charge is 2.29. The molecule has 0 aliphatic heterocycles. The van der Waals surface area contributed by atoms with Crippen molar-refractivity contribution in [3.8, 4) is 0 Å². The molecular weight excluding hydrogens is 378 g/mol. The van der Waals surface area contributed by atoms with E-state index in [1.54, 1.807) is 6.92 Å². The van der Waals surface area contributed by atoms with Crippen LogP contribution in [-0.4, -0.2) is 31.1 Å². The number of ether oxygens (including phenoxy) is 2. The van der Waals surface area contributed by atoms with Crippen LogP contribution in [0.3, 0.4) is 0 Å². The highest BCUT2D eigenvalue weighted by atomic mass is 32.1. The number of fused-ring (bicyclic) bond motifs is 1. The van der Waals surface area contributed by atoms with Gasteiger partial charge in [-0.1, -0.05) is 26.2 Å². The minimum absolute atomic E-state index is 0.0906. The molecule has 3 rings (SSSR count). The molecule has 1 heterocycles. The largest absolute Gasteiger partial charge is 0.462 e. The van der Waals surface area contributed by atoms with Gasteiger partial charge >= 0.3 is 11.9 Å². The molecule has 154 valence electrons. The van der Waals surface area contributed by atoms with E-state index >= 15 is 0 Å². The van der Waals surface area contributed by atoms with Gasteiger partial charge in [-0.15, -0.1) is 11.3 Å². The van der Waals surface area contributed by atoms with E-state index in [2.05, 4.69) is 12.2 Å². The zero-order valence-corrected chi connectivity index (χ0v) is 17.5. The van der Waals surface area contributed by atoms with Gasteiger partial charge in [0.25, 0.3) is 5.91 Å². The third-order valence-electron chi connectivity index (χ3n) is 5.53. The first-order valence-corrected chi connectivity index (χ1v) is 11.1. The van der Waals surface area contributed by atoms with E-state index in [1.165, 1.54) is 11.3 Å². The summed E-state index contributed by atoms with van der Waals surface area (Å²) in [6.45, 7) is 3.92. The second-order valence-electron chi connectivity index (χ2n) is 7.77. The standard InChI is InChI=1S/C21H29NO5S/c1-3-26-21(25)18-15-10-9-13(2)11-16(15)28-19(18)22-17(23)12-27-20(24)14-7-5-4-6-8-14/h13-14H,3-12H2,1-2H3,(H,22,23)/t13-/m0/s1. The number of anilines is 1. The molecule has 1 atom stereocenters. The van der Waals surface area contributed by atoms with E-state index in [1.807, 2.05) is 0 Å². The maximum absolute atomic E-state index is 12.5. The Bertz CT molecular complexity index is 735. The number of thiophene rings is 1. The van der Waals surface area contributed by atoms with Gasteiger partial charge in [0.05, 0.1) is 18.1 Å². The molecule has 0 aromatic carbocycles. The molecule has 1 saturated carbocycles. The molecule has 2 aliphatic carbocycles. The van der Waals surface area contributed by atoms with Crippen LogP contribution in [0.25, 0.3) is 0 Å². The predicted octanol–water partition coefficient (Wildman–Crippen LogP) is 4.11. The average Bonchev–Trinajstić information content (AvgIpc) is 3.03. The van der Waals surface area contributed by atoms with Crippen molar-refractivity contribution >= 4 is 34.2 Å². The Hall–Kier alpha value is -1.89. The number of nitrogens with one attached hydrogen (secondary N) is 1. The van der Waals surface area contributed by atoms with Crippen molar-refractivity contribution in [2.45, 2.75) is 65.2 Å². The van der Waals surface area contributed by atoms with Crippen molar-refractivity contribution in [2.24, 2.45) is 11.8 Å². The Labute approximate surface area is 170 Å². The van der Waals surface area contributed by atoms with Crippen molar-refractivity contribution in [3.05, 3.63) is 16.0 Å². The number of esters is 2. The Morgan fingerprint density at radius 1 is 1.11 bits per heavy atom. The molecule has 0 bridgehead atoms. The van der Waals surface area contributed by atoms with Crippen LogP contribution >= 0.6 is 11.3 Å². The lowest BCUT2D eigenvalue weighted by atomic mass is 9.88. The van der Waals surface area contributed by atoms with Crippen molar-refractivity contribution in [2.75, 3.05) is 18.5 Å². The smallest absolute Gasteiger partial charge is 0.341 e. The monoisotopic (exact) mass is 407 g/mol. The summed E-state index contributed by atoms with van der Waals surface area (Å²) in [4.78, 5) is 38.1. The maximum Gasteiger partial charge on any atom is 0.341 e. The van der Waals surface area contributed by atoms with E-state index in [0.717, 1.165) is 61.8 Å². The molecule has 1 N–H and O–H groups in total. The molecule has 1 fully saturated rings. The third kappa shape index (κ3) is 4.93. The first-order valence-electron chi connectivity index (χ1n) is 10.3. The van der Waals surface area contributed by atoms with Crippen molar-refractivity contribution < 1.29 is 23.9 Å². The van der Waals surface area contributed by atoms with Gasteiger partial charge in [0.1, 0.15) is 5.00 Å². The highest BCUT2D eigenvalue weighted by Crippen LogP contribution is 2.40. The summed E-state index contributed by atoms with van der Waals surface area (Å²) in [7, 11) is 0. The van der Waals surface area contributed by atoms with Gasteiger partial charge in [0.15, 0.2) is 6.61 Å². The zero-order valence-electron chi connectivity index (χ0n) is 16.7. The Balaban J connectivity index is 1.66. The second kappa shape index (κ2) is 9.54. The minimum Gasteiger partial charge on any atom is -0.462 e. The fourth-order valence-corrected chi connectivity index (χ4v) is 5.43. The van der Waals surface area contributed by atoms with Gasteiger partial charge in [-0.3, -0.25) is 9.59 Å². The number of carbonyl (C=O) groups excluding carboxylic acids is 3. The lowest BCUT2D eigenvalue weighted by Crippen LogP contribution is -2.26. The molecule has 1 aromatic rings. The fourth-order valence-electron chi connectivity index (χ4n) is 4.01. The average molecular weight is 408 g/mol. The van der Waals surface area contributed by atoms with Gasteiger partial charge in [-0.05, 0) is 50.5 Å². The SMILES string of the molecule is CCOC(=O)c1c(NC(=O)COC(=O)C2CCCCC2)sc2c1CC[C@H](C)C2. The summed E-state index contributed by atoms with van der Waals surface area (Å²) >= 11 is 1.44. The first-order chi connectivity index (χ1) is 13.5. The lowest BCUT2D eigenvalue weighted by Gasteiger charge is -2.19. The third-order valence-corrected chi connectivity index (χ3v) is 6.70. The second-order valence-corrected chi connectivity index (χ2v) is 8.87. The molecule has 1 amide bonds. The Morgan fingerprint density at radius 2 is 1.86 bits per heavy atom. The first kappa shape index (κ1) is 20.8. The van der Waals surface area contributed by atoms with Crippen LogP contribution in [-0.2, 0) is 31.9 Å². The summed E-state index contributed by atoms with van der Waals surface area (Å²) in [6, 6.07) is 0. The van der Waals surface area contributed by atoms with E-state index in [4.69, 9.17) is 9.47 Å². The molecule has 0 unspecified atom stereocenters. The van der Waals surface area contributed by atoms with Gasteiger partial charge < -0.3 is 14.8 Å². The predicted molar refractivity (Wildman–Crippen MR) is 108 cm³/mol. The molecule has 0 radical (unpaired) electrons. The van der Waals surface area contributed by atoms with Crippen LogP contribution in [0.2, 0.25) is 0 Å². The lowest BCUT2D eigenvalue weighted by molar-refractivity contribution is -0.152. The molecule has 0 saturated heterocycles.